The summed E-state index contributed by atoms with van der Waals surface area (Å²) in [5, 5.41) is 13.0. The summed E-state index contributed by atoms with van der Waals surface area (Å²) < 4.78 is 0. The Balaban J connectivity index is 2.45. The predicted molar refractivity (Wildman–Crippen MR) is 87.2 cm³/mol. The average Bonchev–Trinajstić information content (AvgIpc) is 2.77. The van der Waals surface area contributed by atoms with Gasteiger partial charge in [-0.2, -0.15) is 0 Å². The maximum Gasteiger partial charge on any atom is 0.239 e. The molecule has 2 atom stereocenters. The van der Waals surface area contributed by atoms with E-state index < -0.39 is 0 Å². The van der Waals surface area contributed by atoms with Crippen molar-refractivity contribution in [1.29, 1.82) is 0 Å². The Morgan fingerprint density at radius 1 is 1.33 bits per heavy atom. The number of unbranched alkanes of at least 4 members (excludes halogenated alkanes) is 1. The molecule has 2 N–H and O–H groups in total. The minimum Gasteiger partial charge on any atom is -0.391 e. The van der Waals surface area contributed by atoms with Gasteiger partial charge in [0.05, 0.1) is 12.1 Å². The van der Waals surface area contributed by atoms with Crippen LogP contribution in [0.15, 0.2) is 0 Å². The first-order valence-electron chi connectivity index (χ1n) is 8.42. The zero-order valence-electron chi connectivity index (χ0n) is 14.5. The number of hydrogen-bond acceptors (Lipinski definition) is 3. The van der Waals surface area contributed by atoms with Gasteiger partial charge in [-0.05, 0) is 24.7 Å². The van der Waals surface area contributed by atoms with Crippen molar-refractivity contribution < 1.29 is 9.90 Å². The number of carbonyl (C=O) groups is 1. The Bertz CT molecular complexity index is 323. The molecule has 0 aromatic heterocycles. The molecule has 0 aromatic carbocycles. The Labute approximate surface area is 130 Å². The quantitative estimate of drug-likeness (QED) is 0.710. The monoisotopic (exact) mass is 298 g/mol. The zero-order chi connectivity index (χ0) is 16.0. The molecule has 1 saturated heterocycles. The van der Waals surface area contributed by atoms with E-state index in [1.807, 2.05) is 4.90 Å². The van der Waals surface area contributed by atoms with Crippen molar-refractivity contribution in [2.45, 2.75) is 84.9 Å². The Morgan fingerprint density at radius 3 is 2.48 bits per heavy atom. The van der Waals surface area contributed by atoms with Crippen LogP contribution in [0.2, 0.25) is 0 Å². The van der Waals surface area contributed by atoms with Crippen molar-refractivity contribution in [2.75, 3.05) is 13.1 Å². The molecular formula is C17H34N2O2. The van der Waals surface area contributed by atoms with E-state index in [0.29, 0.717) is 31.0 Å². The molecule has 2 unspecified atom stereocenters. The fraction of sp³-hybridized carbons (Fsp3) is 0.941. The third-order valence-corrected chi connectivity index (χ3v) is 3.98. The number of hydrogen-bond donors (Lipinski definition) is 2. The van der Waals surface area contributed by atoms with Crippen LogP contribution in [0.5, 0.6) is 0 Å². The molecule has 1 heterocycles. The zero-order valence-corrected chi connectivity index (χ0v) is 14.5. The highest BCUT2D eigenvalue weighted by Gasteiger charge is 2.29. The van der Waals surface area contributed by atoms with Crippen LogP contribution >= 0.6 is 0 Å². The molecule has 0 aliphatic carbocycles. The van der Waals surface area contributed by atoms with Crippen molar-refractivity contribution in [3.8, 4) is 0 Å². The molecule has 0 aromatic rings. The van der Waals surface area contributed by atoms with Crippen LogP contribution in [0.3, 0.4) is 0 Å². The van der Waals surface area contributed by atoms with Gasteiger partial charge in [-0.3, -0.25) is 4.79 Å². The number of amides is 1. The molecule has 0 radical (unpaired) electrons. The van der Waals surface area contributed by atoms with Crippen LogP contribution in [0, 0.1) is 5.41 Å². The Hall–Kier alpha value is -0.610. The smallest absolute Gasteiger partial charge is 0.239 e. The molecule has 1 amide bonds. The fourth-order valence-electron chi connectivity index (χ4n) is 2.85. The van der Waals surface area contributed by atoms with Crippen molar-refractivity contribution >= 4 is 5.91 Å². The van der Waals surface area contributed by atoms with Gasteiger partial charge in [0.1, 0.15) is 0 Å². The molecule has 1 fully saturated rings. The number of likely N-dealkylation sites (tertiary alicyclic amines) is 1. The number of rotatable bonds is 7. The molecule has 1 aliphatic heterocycles. The standard InChI is InChI=1S/C17H34N2O2/c1-13(2)18-15(8-6-7-10-17(3,4)5)16(21)19-11-9-14(20)12-19/h13-15,18,20H,6-12H2,1-5H3. The van der Waals surface area contributed by atoms with Crippen LogP contribution in [-0.2, 0) is 4.79 Å². The molecule has 1 rings (SSSR count). The molecule has 21 heavy (non-hydrogen) atoms. The van der Waals surface area contributed by atoms with Gasteiger partial charge in [-0.1, -0.05) is 47.5 Å². The number of aliphatic hydroxyl groups is 1. The third kappa shape index (κ3) is 7.28. The number of nitrogens with zero attached hydrogens (tertiary/aromatic N) is 1. The van der Waals surface area contributed by atoms with Crippen LogP contribution in [0.25, 0.3) is 0 Å². The van der Waals surface area contributed by atoms with Gasteiger partial charge in [0, 0.05) is 19.1 Å². The first kappa shape index (κ1) is 18.4. The molecule has 0 bridgehead atoms. The van der Waals surface area contributed by atoms with E-state index in [2.05, 4.69) is 39.9 Å². The van der Waals surface area contributed by atoms with Crippen molar-refractivity contribution in [1.82, 2.24) is 10.2 Å². The lowest BCUT2D eigenvalue weighted by atomic mass is 9.89. The number of β-amino-alcohol motifs (C(OH)–C–C–N with tert-alkyl or cyclic N) is 1. The van der Waals surface area contributed by atoms with Gasteiger partial charge in [0.2, 0.25) is 5.91 Å². The van der Waals surface area contributed by atoms with Crippen LogP contribution < -0.4 is 5.32 Å². The van der Waals surface area contributed by atoms with E-state index in [-0.39, 0.29) is 18.1 Å². The molecule has 0 spiro atoms. The highest BCUT2D eigenvalue weighted by molar-refractivity contribution is 5.82. The normalized spacial score (nSPS) is 21.1. The fourth-order valence-corrected chi connectivity index (χ4v) is 2.85. The van der Waals surface area contributed by atoms with Crippen molar-refractivity contribution in [3.05, 3.63) is 0 Å². The van der Waals surface area contributed by atoms with E-state index in [0.717, 1.165) is 19.3 Å². The molecule has 4 heteroatoms. The molecule has 124 valence electrons. The van der Waals surface area contributed by atoms with Crippen molar-refractivity contribution in [3.63, 3.8) is 0 Å². The molecular weight excluding hydrogens is 264 g/mol. The first-order chi connectivity index (χ1) is 9.69. The second kappa shape index (κ2) is 8.14. The Kier molecular flexibility index (Phi) is 7.14. The van der Waals surface area contributed by atoms with E-state index in [4.69, 9.17) is 0 Å². The second-order valence-electron chi connectivity index (χ2n) is 7.91. The van der Waals surface area contributed by atoms with E-state index >= 15 is 0 Å². The van der Waals surface area contributed by atoms with Crippen molar-refractivity contribution in [2.24, 2.45) is 5.41 Å². The summed E-state index contributed by atoms with van der Waals surface area (Å²) in [6, 6.07) is 0.198. The predicted octanol–water partition coefficient (Wildman–Crippen LogP) is 2.55. The van der Waals surface area contributed by atoms with E-state index in [9.17, 15) is 9.90 Å². The lowest BCUT2D eigenvalue weighted by Crippen LogP contribution is -2.48. The lowest BCUT2D eigenvalue weighted by Gasteiger charge is -2.26. The number of aliphatic hydroxyl groups excluding tert-OH is 1. The Morgan fingerprint density at radius 2 is 2.00 bits per heavy atom. The largest absolute Gasteiger partial charge is 0.391 e. The second-order valence-corrected chi connectivity index (χ2v) is 7.91. The van der Waals surface area contributed by atoms with E-state index in [1.54, 1.807) is 0 Å². The average molecular weight is 298 g/mol. The molecule has 0 saturated carbocycles. The van der Waals surface area contributed by atoms with Gasteiger partial charge in [-0.15, -0.1) is 0 Å². The van der Waals surface area contributed by atoms with Gasteiger partial charge in [0.25, 0.3) is 0 Å². The third-order valence-electron chi connectivity index (χ3n) is 3.98. The van der Waals surface area contributed by atoms with Gasteiger partial charge in [-0.25, -0.2) is 0 Å². The maximum atomic E-state index is 12.6. The van der Waals surface area contributed by atoms with Crippen LogP contribution in [-0.4, -0.2) is 47.2 Å². The summed E-state index contributed by atoms with van der Waals surface area (Å²) in [7, 11) is 0. The van der Waals surface area contributed by atoms with Crippen LogP contribution in [0.1, 0.15) is 66.7 Å². The lowest BCUT2D eigenvalue weighted by molar-refractivity contribution is -0.133. The highest BCUT2D eigenvalue weighted by atomic mass is 16.3. The van der Waals surface area contributed by atoms with Gasteiger partial charge in [0.15, 0.2) is 0 Å². The van der Waals surface area contributed by atoms with Gasteiger partial charge < -0.3 is 15.3 Å². The summed E-state index contributed by atoms with van der Waals surface area (Å²) in [5.41, 5.74) is 0.365. The maximum absolute atomic E-state index is 12.6. The number of carbonyl (C=O) groups excluding carboxylic acids is 1. The first-order valence-corrected chi connectivity index (χ1v) is 8.42. The number of nitrogens with one attached hydrogen (secondary N) is 1. The summed E-state index contributed by atoms with van der Waals surface area (Å²) in [6.07, 6.45) is 4.69. The highest BCUT2D eigenvalue weighted by Crippen LogP contribution is 2.23. The summed E-state index contributed by atoms with van der Waals surface area (Å²) in [6.45, 7) is 12.1. The molecule has 1 aliphatic rings. The van der Waals surface area contributed by atoms with E-state index in [1.165, 1.54) is 6.42 Å². The summed E-state index contributed by atoms with van der Waals surface area (Å²) in [5.74, 6) is 0.163. The SMILES string of the molecule is CC(C)NC(CCCCC(C)(C)C)C(=O)N1CCC(O)C1. The minimum absolute atomic E-state index is 0.102. The van der Waals surface area contributed by atoms with Crippen LogP contribution in [0.4, 0.5) is 0 Å². The molecule has 4 nitrogen and oxygen atoms in total. The summed E-state index contributed by atoms with van der Waals surface area (Å²) >= 11 is 0. The topological polar surface area (TPSA) is 52.6 Å². The minimum atomic E-state index is -0.338. The van der Waals surface area contributed by atoms with Gasteiger partial charge >= 0.3 is 0 Å². The summed E-state index contributed by atoms with van der Waals surface area (Å²) in [4.78, 5) is 14.4.